The van der Waals surface area contributed by atoms with Crippen LogP contribution in [0.15, 0.2) is 103 Å². The van der Waals surface area contributed by atoms with Crippen LogP contribution in [0.2, 0.25) is 5.02 Å². The molecular formula is C29H23ClN2. The van der Waals surface area contributed by atoms with Gasteiger partial charge in [0.1, 0.15) is 0 Å². The average molecular weight is 435 g/mol. The third kappa shape index (κ3) is 3.28. The molecule has 0 bridgehead atoms. The second-order valence-corrected chi connectivity index (χ2v) is 8.84. The summed E-state index contributed by atoms with van der Waals surface area (Å²) in [5.41, 5.74) is 6.13. The number of nitrogens with zero attached hydrogens (tertiary/aromatic N) is 1. The number of benzene rings is 4. The number of hydrogen-bond donors (Lipinski definition) is 1. The summed E-state index contributed by atoms with van der Waals surface area (Å²) in [6, 6.07) is 34.5. The molecule has 0 aliphatic carbocycles. The van der Waals surface area contributed by atoms with Crippen molar-refractivity contribution in [2.75, 3.05) is 5.32 Å². The molecule has 1 aliphatic rings. The largest absolute Gasteiger partial charge is 0.378 e. The summed E-state index contributed by atoms with van der Waals surface area (Å²) in [6.07, 6.45) is 5.44. The molecule has 4 aromatic carbocycles. The van der Waals surface area contributed by atoms with E-state index in [1.54, 1.807) is 0 Å². The summed E-state index contributed by atoms with van der Waals surface area (Å²) in [4.78, 5) is 0. The standard InChI is InChI=1S/C29H23ClN2/c30-21-15-17-26-25(18-21)29(19-22(31-26)16-14-20-8-2-1-3-9-20)32-27-12-6-4-10-23(27)24-11-5-7-13-28(24)32/h1-18,22,29,31H,19H2/b16-14+/t22-,29+/m1/s1. The predicted molar refractivity (Wildman–Crippen MR) is 137 cm³/mol. The molecule has 2 heterocycles. The Kier molecular flexibility index (Phi) is 4.74. The first-order chi connectivity index (χ1) is 15.8. The van der Waals surface area contributed by atoms with Crippen LogP contribution in [0.25, 0.3) is 27.9 Å². The Morgan fingerprint density at radius 3 is 2.16 bits per heavy atom. The summed E-state index contributed by atoms with van der Waals surface area (Å²) in [6.45, 7) is 0. The Labute approximate surface area is 192 Å². The lowest BCUT2D eigenvalue weighted by Gasteiger charge is -2.34. The third-order valence-electron chi connectivity index (χ3n) is 6.44. The quantitative estimate of drug-likeness (QED) is 0.305. The van der Waals surface area contributed by atoms with E-state index in [0.717, 1.165) is 17.1 Å². The van der Waals surface area contributed by atoms with E-state index in [2.05, 4.69) is 113 Å². The van der Waals surface area contributed by atoms with Crippen LogP contribution < -0.4 is 5.32 Å². The van der Waals surface area contributed by atoms with Crippen LogP contribution >= 0.6 is 11.6 Å². The van der Waals surface area contributed by atoms with E-state index in [4.69, 9.17) is 11.6 Å². The topological polar surface area (TPSA) is 17.0 Å². The van der Waals surface area contributed by atoms with Gasteiger partial charge in [-0.1, -0.05) is 90.5 Å². The molecule has 3 heteroatoms. The van der Waals surface area contributed by atoms with Gasteiger partial charge in [0, 0.05) is 38.6 Å². The zero-order chi connectivity index (χ0) is 21.5. The maximum atomic E-state index is 6.47. The van der Waals surface area contributed by atoms with Crippen LogP contribution in [-0.2, 0) is 0 Å². The van der Waals surface area contributed by atoms with Crippen molar-refractivity contribution in [3.63, 3.8) is 0 Å². The number of hydrogen-bond acceptors (Lipinski definition) is 1. The Balaban J connectivity index is 1.52. The van der Waals surface area contributed by atoms with Gasteiger partial charge in [0.15, 0.2) is 0 Å². The lowest BCUT2D eigenvalue weighted by Crippen LogP contribution is -2.29. The SMILES string of the molecule is Clc1ccc2c(c1)[C@@H](n1c3ccccc3c3ccccc31)C[C@@H](/C=C/c1ccccc1)N2. The van der Waals surface area contributed by atoms with E-state index < -0.39 is 0 Å². The number of fused-ring (bicyclic) bond motifs is 4. The van der Waals surface area contributed by atoms with Gasteiger partial charge < -0.3 is 9.88 Å². The second kappa shape index (κ2) is 7.89. The van der Waals surface area contributed by atoms with Gasteiger partial charge in [-0.15, -0.1) is 0 Å². The molecule has 32 heavy (non-hydrogen) atoms. The van der Waals surface area contributed by atoms with E-state index in [9.17, 15) is 0 Å². The Morgan fingerprint density at radius 1 is 0.781 bits per heavy atom. The molecule has 2 atom stereocenters. The second-order valence-electron chi connectivity index (χ2n) is 8.41. The van der Waals surface area contributed by atoms with Crippen LogP contribution in [0.5, 0.6) is 0 Å². The molecule has 0 saturated heterocycles. The molecule has 5 aromatic rings. The fraction of sp³-hybridized carbons (Fsp3) is 0.103. The molecule has 0 unspecified atom stereocenters. The van der Waals surface area contributed by atoms with Gasteiger partial charge in [-0.3, -0.25) is 0 Å². The lowest BCUT2D eigenvalue weighted by atomic mass is 9.91. The number of nitrogens with one attached hydrogen (secondary N) is 1. The van der Waals surface area contributed by atoms with E-state index in [0.29, 0.717) is 0 Å². The Bertz CT molecular complexity index is 1400. The minimum absolute atomic E-state index is 0.181. The fourth-order valence-electron chi connectivity index (χ4n) is 5.02. The van der Waals surface area contributed by atoms with E-state index in [1.165, 1.54) is 32.9 Å². The van der Waals surface area contributed by atoms with E-state index in [1.807, 2.05) is 6.07 Å². The lowest BCUT2D eigenvalue weighted by molar-refractivity contribution is 0.534. The van der Waals surface area contributed by atoms with E-state index >= 15 is 0 Å². The summed E-state index contributed by atoms with van der Waals surface area (Å²) >= 11 is 6.47. The smallest absolute Gasteiger partial charge is 0.0635 e. The fourth-order valence-corrected chi connectivity index (χ4v) is 5.20. The van der Waals surface area contributed by atoms with Crippen molar-refractivity contribution in [3.8, 4) is 0 Å². The van der Waals surface area contributed by atoms with Crippen molar-refractivity contribution >= 4 is 45.2 Å². The number of anilines is 1. The van der Waals surface area contributed by atoms with Crippen LogP contribution in [0.4, 0.5) is 5.69 Å². The minimum Gasteiger partial charge on any atom is -0.378 e. The van der Waals surface area contributed by atoms with Gasteiger partial charge >= 0.3 is 0 Å². The van der Waals surface area contributed by atoms with Gasteiger partial charge in [0.05, 0.1) is 6.04 Å². The maximum absolute atomic E-state index is 6.47. The van der Waals surface area contributed by atoms with Crippen LogP contribution in [-0.4, -0.2) is 10.6 Å². The molecule has 156 valence electrons. The van der Waals surface area contributed by atoms with Gasteiger partial charge in [-0.05, 0) is 47.9 Å². The molecule has 0 saturated carbocycles. The zero-order valence-electron chi connectivity index (χ0n) is 17.6. The summed E-state index contributed by atoms with van der Waals surface area (Å²) in [5.74, 6) is 0. The van der Waals surface area contributed by atoms with Crippen LogP contribution in [0, 0.1) is 0 Å². The monoisotopic (exact) mass is 434 g/mol. The summed E-state index contributed by atoms with van der Waals surface area (Å²) < 4.78 is 2.50. The average Bonchev–Trinajstić information content (AvgIpc) is 3.17. The molecular weight excluding hydrogens is 412 g/mol. The van der Waals surface area contributed by atoms with Crippen LogP contribution in [0.1, 0.15) is 23.6 Å². The molecule has 1 aliphatic heterocycles. The van der Waals surface area contributed by atoms with Crippen molar-refractivity contribution in [2.45, 2.75) is 18.5 Å². The number of rotatable bonds is 3. The highest BCUT2D eigenvalue weighted by atomic mass is 35.5. The van der Waals surface area contributed by atoms with Crippen molar-refractivity contribution < 1.29 is 0 Å². The van der Waals surface area contributed by atoms with E-state index in [-0.39, 0.29) is 12.1 Å². The maximum Gasteiger partial charge on any atom is 0.0635 e. The highest BCUT2D eigenvalue weighted by molar-refractivity contribution is 6.30. The highest BCUT2D eigenvalue weighted by Crippen LogP contribution is 2.42. The van der Waals surface area contributed by atoms with Crippen molar-refractivity contribution in [3.05, 3.63) is 119 Å². The third-order valence-corrected chi connectivity index (χ3v) is 6.68. The normalized spacial score (nSPS) is 18.2. The van der Waals surface area contributed by atoms with Crippen molar-refractivity contribution in [1.82, 2.24) is 4.57 Å². The van der Waals surface area contributed by atoms with Gasteiger partial charge in [0.25, 0.3) is 0 Å². The molecule has 0 fully saturated rings. The Hall–Kier alpha value is -3.49. The first-order valence-corrected chi connectivity index (χ1v) is 11.4. The van der Waals surface area contributed by atoms with Gasteiger partial charge in [-0.2, -0.15) is 0 Å². The summed E-state index contributed by atoms with van der Waals surface area (Å²) in [5, 5.41) is 7.08. The van der Waals surface area contributed by atoms with Crippen molar-refractivity contribution in [1.29, 1.82) is 0 Å². The van der Waals surface area contributed by atoms with Gasteiger partial charge in [-0.25, -0.2) is 0 Å². The molecule has 0 spiro atoms. The first kappa shape index (κ1) is 19.2. The molecule has 0 radical (unpaired) electrons. The Morgan fingerprint density at radius 2 is 1.44 bits per heavy atom. The molecule has 1 N–H and O–H groups in total. The number of aromatic nitrogens is 1. The first-order valence-electron chi connectivity index (χ1n) is 11.0. The zero-order valence-corrected chi connectivity index (χ0v) is 18.3. The van der Waals surface area contributed by atoms with Crippen molar-refractivity contribution in [2.24, 2.45) is 0 Å². The minimum atomic E-state index is 0.181. The summed E-state index contributed by atoms with van der Waals surface area (Å²) in [7, 11) is 0. The molecule has 2 nitrogen and oxygen atoms in total. The number of halogens is 1. The molecule has 6 rings (SSSR count). The predicted octanol–water partition coefficient (Wildman–Crippen LogP) is 7.93. The number of para-hydroxylation sites is 2. The highest BCUT2D eigenvalue weighted by Gasteiger charge is 2.29. The molecule has 1 aromatic heterocycles. The van der Waals surface area contributed by atoms with Crippen LogP contribution in [0.3, 0.4) is 0 Å². The van der Waals surface area contributed by atoms with Gasteiger partial charge in [0.2, 0.25) is 0 Å². The molecule has 0 amide bonds.